The van der Waals surface area contributed by atoms with Crippen molar-refractivity contribution in [2.75, 3.05) is 0 Å². The van der Waals surface area contributed by atoms with Crippen molar-refractivity contribution in [3.63, 3.8) is 0 Å². The van der Waals surface area contributed by atoms with Gasteiger partial charge in [0.1, 0.15) is 0 Å². The molecule has 0 fully saturated rings. The Morgan fingerprint density at radius 1 is 1.12 bits per heavy atom. The minimum atomic E-state index is -3.71. The summed E-state index contributed by atoms with van der Waals surface area (Å²) in [5, 5.41) is 10.6. The maximum absolute atomic E-state index is 13.1. The van der Waals surface area contributed by atoms with Gasteiger partial charge in [-0.1, -0.05) is 51.5 Å². The summed E-state index contributed by atoms with van der Waals surface area (Å²) in [7, 11) is -3.71. The molecule has 26 heavy (non-hydrogen) atoms. The van der Waals surface area contributed by atoms with Gasteiger partial charge in [0, 0.05) is 12.0 Å². The summed E-state index contributed by atoms with van der Waals surface area (Å²) in [5.74, 6) is -0.0164. The molecular weight excluding hydrogens is 346 g/mol. The molecule has 0 spiro atoms. The number of hydrogen-bond acceptors (Lipinski definition) is 3. The fraction of sp³-hybridized carbons (Fsp3) is 0.619. The lowest BCUT2D eigenvalue weighted by Gasteiger charge is -2.33. The van der Waals surface area contributed by atoms with Crippen LogP contribution >= 0.6 is 0 Å². The second kappa shape index (κ2) is 9.16. The highest BCUT2D eigenvalue weighted by molar-refractivity contribution is 7.89. The Labute approximate surface area is 159 Å². The van der Waals surface area contributed by atoms with Crippen molar-refractivity contribution in [3.05, 3.63) is 41.5 Å². The molecule has 3 atom stereocenters. The van der Waals surface area contributed by atoms with E-state index in [1.54, 1.807) is 6.08 Å². The predicted octanol–water partition coefficient (Wildman–Crippen LogP) is 4.12. The fourth-order valence-corrected chi connectivity index (χ4v) is 5.54. The Kier molecular flexibility index (Phi) is 8.05. The van der Waals surface area contributed by atoms with Crippen molar-refractivity contribution in [1.29, 1.82) is 0 Å². The van der Waals surface area contributed by atoms with E-state index in [4.69, 9.17) is 0 Å². The third-order valence-corrected chi connectivity index (χ3v) is 6.49. The second-order valence-electron chi connectivity index (χ2n) is 8.13. The second-order valence-corrected chi connectivity index (χ2v) is 9.78. The Bertz CT molecular complexity index is 700. The van der Waals surface area contributed by atoms with E-state index >= 15 is 0 Å². The molecule has 0 unspecified atom stereocenters. The first-order valence-electron chi connectivity index (χ1n) is 9.31. The number of rotatable bonds is 9. The molecule has 1 aromatic carbocycles. The van der Waals surface area contributed by atoms with Gasteiger partial charge in [0.05, 0.1) is 11.0 Å². The topological polar surface area (TPSA) is 66.4 Å². The highest BCUT2D eigenvalue weighted by Gasteiger charge is 2.33. The molecule has 148 valence electrons. The number of aliphatic hydroxyl groups is 1. The molecule has 5 heteroatoms. The van der Waals surface area contributed by atoms with Gasteiger partial charge < -0.3 is 5.11 Å². The van der Waals surface area contributed by atoms with Crippen LogP contribution in [0.3, 0.4) is 0 Å². The van der Waals surface area contributed by atoms with Crippen LogP contribution in [0.25, 0.3) is 0 Å². The first kappa shape index (κ1) is 22.9. The molecule has 0 amide bonds. The molecule has 1 rings (SSSR count). The van der Waals surface area contributed by atoms with Crippen LogP contribution in [0, 0.1) is 38.5 Å². The largest absolute Gasteiger partial charge is 0.392 e. The van der Waals surface area contributed by atoms with Crippen molar-refractivity contribution in [3.8, 4) is 0 Å². The molecule has 0 saturated heterocycles. The zero-order valence-corrected chi connectivity index (χ0v) is 18.0. The molecule has 0 aliphatic heterocycles. The monoisotopic (exact) mass is 381 g/mol. The van der Waals surface area contributed by atoms with E-state index in [0.29, 0.717) is 17.2 Å². The molecular formula is C21H35NO3S. The summed E-state index contributed by atoms with van der Waals surface area (Å²) >= 11 is 0. The van der Waals surface area contributed by atoms with E-state index in [9.17, 15) is 13.5 Å². The molecule has 0 heterocycles. The summed E-state index contributed by atoms with van der Waals surface area (Å²) in [6.07, 6.45) is 1.64. The third kappa shape index (κ3) is 5.66. The molecule has 2 N–H and O–H groups in total. The van der Waals surface area contributed by atoms with Gasteiger partial charge in [0.2, 0.25) is 10.0 Å². The van der Waals surface area contributed by atoms with Crippen LogP contribution in [-0.2, 0) is 10.0 Å². The summed E-state index contributed by atoms with van der Waals surface area (Å²) in [6, 6.07) is 3.33. The number of aliphatic hydroxyl groups excluding tert-OH is 1. The van der Waals surface area contributed by atoms with Crippen LogP contribution in [0.15, 0.2) is 29.7 Å². The molecule has 0 aliphatic carbocycles. The average molecular weight is 382 g/mol. The predicted molar refractivity (Wildman–Crippen MR) is 109 cm³/mol. The number of nitrogens with one attached hydrogen (secondary N) is 1. The Morgan fingerprint density at radius 2 is 1.62 bits per heavy atom. The van der Waals surface area contributed by atoms with Crippen molar-refractivity contribution in [2.24, 2.45) is 17.8 Å². The van der Waals surface area contributed by atoms with E-state index in [1.807, 2.05) is 60.6 Å². The van der Waals surface area contributed by atoms with Gasteiger partial charge in [0.15, 0.2) is 0 Å². The molecule has 1 aromatic rings. The lowest BCUT2D eigenvalue weighted by atomic mass is 9.84. The van der Waals surface area contributed by atoms with E-state index in [-0.39, 0.29) is 11.8 Å². The van der Waals surface area contributed by atoms with Crippen molar-refractivity contribution in [1.82, 2.24) is 4.72 Å². The van der Waals surface area contributed by atoms with Gasteiger partial charge in [-0.15, -0.1) is 6.58 Å². The van der Waals surface area contributed by atoms with E-state index in [2.05, 4.69) is 11.3 Å². The molecule has 0 aromatic heterocycles. The molecule has 0 saturated carbocycles. The summed E-state index contributed by atoms with van der Waals surface area (Å²) in [5.41, 5.74) is 2.50. The first-order chi connectivity index (χ1) is 11.9. The summed E-state index contributed by atoms with van der Waals surface area (Å²) < 4.78 is 29.1. The van der Waals surface area contributed by atoms with Gasteiger partial charge in [-0.2, -0.15) is 0 Å². The van der Waals surface area contributed by atoms with Crippen LogP contribution < -0.4 is 4.72 Å². The minimum absolute atomic E-state index is 0.0145. The van der Waals surface area contributed by atoms with Crippen LogP contribution in [0.4, 0.5) is 0 Å². The molecule has 0 bridgehead atoms. The normalized spacial score (nSPS) is 15.9. The van der Waals surface area contributed by atoms with E-state index in [1.165, 1.54) is 0 Å². The smallest absolute Gasteiger partial charge is 0.241 e. The highest BCUT2D eigenvalue weighted by Crippen LogP contribution is 2.27. The number of hydrogen-bond donors (Lipinski definition) is 2. The van der Waals surface area contributed by atoms with Gasteiger partial charge in [0.25, 0.3) is 0 Å². The maximum Gasteiger partial charge on any atom is 0.241 e. The summed E-state index contributed by atoms with van der Waals surface area (Å²) in [6.45, 7) is 17.4. The van der Waals surface area contributed by atoms with Crippen LogP contribution in [0.5, 0.6) is 0 Å². The average Bonchev–Trinajstić information content (AvgIpc) is 2.44. The van der Waals surface area contributed by atoms with Crippen molar-refractivity contribution >= 4 is 10.0 Å². The Balaban J connectivity index is 3.26. The minimum Gasteiger partial charge on any atom is -0.392 e. The zero-order chi connectivity index (χ0) is 20.2. The number of sulfonamides is 1. The maximum atomic E-state index is 13.1. The lowest BCUT2D eigenvalue weighted by molar-refractivity contribution is 0.0836. The highest BCUT2D eigenvalue weighted by atomic mass is 32.2. The Morgan fingerprint density at radius 3 is 2.00 bits per heavy atom. The quantitative estimate of drug-likeness (QED) is 0.632. The zero-order valence-electron chi connectivity index (χ0n) is 17.2. The van der Waals surface area contributed by atoms with Gasteiger partial charge in [-0.3, -0.25) is 0 Å². The molecule has 4 nitrogen and oxygen atoms in total. The van der Waals surface area contributed by atoms with Gasteiger partial charge >= 0.3 is 0 Å². The van der Waals surface area contributed by atoms with Crippen LogP contribution in [-0.4, -0.2) is 25.7 Å². The first-order valence-corrected chi connectivity index (χ1v) is 10.8. The SMILES string of the molecule is C=C[C@@H]([C@H](O)CC(C)C)[C@@H](NS(=O)(=O)c1c(C)cc(C)cc1C)C(C)C. The van der Waals surface area contributed by atoms with E-state index in [0.717, 1.165) is 16.7 Å². The van der Waals surface area contributed by atoms with Crippen molar-refractivity contribution in [2.45, 2.75) is 71.9 Å². The Hall–Kier alpha value is -1.17. The molecule has 0 radical (unpaired) electrons. The van der Waals surface area contributed by atoms with Crippen LogP contribution in [0.1, 0.15) is 50.8 Å². The van der Waals surface area contributed by atoms with Crippen molar-refractivity contribution < 1.29 is 13.5 Å². The fourth-order valence-electron chi connectivity index (χ4n) is 3.67. The number of aryl methyl sites for hydroxylation is 3. The van der Waals surface area contributed by atoms with Crippen LogP contribution in [0.2, 0.25) is 0 Å². The van der Waals surface area contributed by atoms with Gasteiger partial charge in [-0.05, 0) is 50.2 Å². The third-order valence-electron chi connectivity index (χ3n) is 4.73. The number of benzene rings is 1. The molecule has 0 aliphatic rings. The standard InChI is InChI=1S/C21H35NO3S/c1-9-18(19(23)10-13(2)3)20(14(4)5)22-26(24,25)21-16(7)11-15(6)12-17(21)8/h9,11-14,18-20,22-23H,1,10H2,2-8H3/t18-,19+,20-/m0/s1. The van der Waals surface area contributed by atoms with Gasteiger partial charge in [-0.25, -0.2) is 13.1 Å². The summed E-state index contributed by atoms with van der Waals surface area (Å²) in [4.78, 5) is 0.329. The van der Waals surface area contributed by atoms with E-state index < -0.39 is 22.2 Å². The lowest BCUT2D eigenvalue weighted by Crippen LogP contribution is -2.47.